The number of likely N-dealkylation sites (N-methyl/N-ethyl adjacent to an activating group) is 1. The predicted octanol–water partition coefficient (Wildman–Crippen LogP) is 1.46. The molecule has 1 saturated heterocycles. The summed E-state index contributed by atoms with van der Waals surface area (Å²) in [5.41, 5.74) is 7.92. The highest BCUT2D eigenvalue weighted by molar-refractivity contribution is 7.11. The number of nitrogen functional groups attached to an aromatic ring is 1. The van der Waals surface area contributed by atoms with Crippen molar-refractivity contribution in [2.45, 2.75) is 6.42 Å². The summed E-state index contributed by atoms with van der Waals surface area (Å²) in [6.07, 6.45) is 4.41. The van der Waals surface area contributed by atoms with Gasteiger partial charge in [-0.3, -0.25) is 9.78 Å². The van der Waals surface area contributed by atoms with Gasteiger partial charge in [0.25, 0.3) is 0 Å². The normalized spacial score (nSPS) is 16.1. The van der Waals surface area contributed by atoms with Crippen LogP contribution in [0.2, 0.25) is 0 Å². The number of nitrogens with two attached hydrogens (primary N) is 1. The van der Waals surface area contributed by atoms with Crippen molar-refractivity contribution < 1.29 is 4.79 Å². The molecule has 0 bridgehead atoms. The third kappa shape index (κ3) is 2.69. The fourth-order valence-corrected chi connectivity index (χ4v) is 3.32. The monoisotopic (exact) mass is 303 g/mol. The topological polar surface area (TPSA) is 75.3 Å². The Hall–Kier alpha value is -2.15. The van der Waals surface area contributed by atoms with Gasteiger partial charge in [-0.1, -0.05) is 0 Å². The largest absolute Gasteiger partial charge is 0.382 e. The molecule has 0 unspecified atom stereocenters. The maximum absolute atomic E-state index is 12.1. The summed E-state index contributed by atoms with van der Waals surface area (Å²) in [6.45, 7) is 1.99. The first-order chi connectivity index (χ1) is 10.2. The van der Waals surface area contributed by atoms with Crippen molar-refractivity contribution in [3.8, 4) is 11.1 Å². The van der Waals surface area contributed by atoms with E-state index in [1.165, 1.54) is 11.5 Å². The Labute approximate surface area is 127 Å². The van der Waals surface area contributed by atoms with Gasteiger partial charge in [-0.15, -0.1) is 0 Å². The Morgan fingerprint density at radius 2 is 2.05 bits per heavy atom. The Balaban J connectivity index is 1.98. The summed E-state index contributed by atoms with van der Waals surface area (Å²) in [5, 5.41) is 0.961. The van der Waals surface area contributed by atoms with Gasteiger partial charge in [0.2, 0.25) is 5.91 Å². The molecule has 21 heavy (non-hydrogen) atoms. The van der Waals surface area contributed by atoms with E-state index in [0.29, 0.717) is 12.4 Å². The van der Waals surface area contributed by atoms with E-state index in [4.69, 9.17) is 5.73 Å². The molecule has 2 aromatic rings. The molecule has 110 valence electrons. The highest BCUT2D eigenvalue weighted by Gasteiger charge is 2.24. The molecule has 1 fully saturated rings. The number of aromatic nitrogens is 2. The van der Waals surface area contributed by atoms with Crippen molar-refractivity contribution in [1.82, 2.24) is 14.3 Å². The molecule has 0 aromatic carbocycles. The highest BCUT2D eigenvalue weighted by Crippen LogP contribution is 2.39. The molecule has 3 rings (SSSR count). The van der Waals surface area contributed by atoms with Crippen molar-refractivity contribution in [2.24, 2.45) is 0 Å². The standard InChI is InChI=1S/C14H17N5OS/c1-18-7-2-8-19(9-11(18)20)14-12(13(15)17-21-14)10-3-5-16-6-4-10/h3-6H,2,7-9H2,1H3,(H2,15,17). The molecule has 0 aliphatic carbocycles. The van der Waals surface area contributed by atoms with Crippen LogP contribution in [0.4, 0.5) is 10.8 Å². The molecule has 0 saturated carbocycles. The minimum absolute atomic E-state index is 0.125. The SMILES string of the molecule is CN1CCCN(c2snc(N)c2-c2ccncc2)CC1=O. The third-order valence-corrected chi connectivity index (χ3v) is 4.55. The van der Waals surface area contributed by atoms with Gasteiger partial charge in [0, 0.05) is 32.5 Å². The minimum atomic E-state index is 0.125. The predicted molar refractivity (Wildman–Crippen MR) is 84.2 cm³/mol. The van der Waals surface area contributed by atoms with Gasteiger partial charge in [0.05, 0.1) is 12.1 Å². The molecule has 1 aliphatic rings. The Bertz CT molecular complexity index is 642. The third-order valence-electron chi connectivity index (χ3n) is 3.63. The molecule has 3 heterocycles. The lowest BCUT2D eigenvalue weighted by molar-refractivity contribution is -0.127. The fourth-order valence-electron chi connectivity index (χ4n) is 2.46. The lowest BCUT2D eigenvalue weighted by Crippen LogP contribution is -2.34. The second-order valence-corrected chi connectivity index (χ2v) is 5.83. The van der Waals surface area contributed by atoms with Crippen LogP contribution in [-0.2, 0) is 4.79 Å². The number of anilines is 2. The summed E-state index contributed by atoms with van der Waals surface area (Å²) < 4.78 is 4.28. The van der Waals surface area contributed by atoms with E-state index < -0.39 is 0 Å². The van der Waals surface area contributed by atoms with Crippen LogP contribution >= 0.6 is 11.5 Å². The van der Waals surface area contributed by atoms with E-state index in [2.05, 4.69) is 14.3 Å². The van der Waals surface area contributed by atoms with Gasteiger partial charge >= 0.3 is 0 Å². The van der Waals surface area contributed by atoms with E-state index in [1.807, 2.05) is 19.2 Å². The number of amides is 1. The fraction of sp³-hybridized carbons (Fsp3) is 0.357. The van der Waals surface area contributed by atoms with E-state index >= 15 is 0 Å². The maximum Gasteiger partial charge on any atom is 0.241 e. The van der Waals surface area contributed by atoms with Gasteiger partial charge in [-0.25, -0.2) is 0 Å². The smallest absolute Gasteiger partial charge is 0.241 e. The average molecular weight is 303 g/mol. The number of hydrogen-bond acceptors (Lipinski definition) is 6. The molecule has 1 amide bonds. The molecular weight excluding hydrogens is 286 g/mol. The van der Waals surface area contributed by atoms with Crippen LogP contribution in [0.5, 0.6) is 0 Å². The van der Waals surface area contributed by atoms with Gasteiger partial charge in [-0.05, 0) is 35.6 Å². The Morgan fingerprint density at radius 3 is 2.81 bits per heavy atom. The van der Waals surface area contributed by atoms with Crippen LogP contribution in [-0.4, -0.2) is 46.8 Å². The first-order valence-electron chi connectivity index (χ1n) is 6.81. The Kier molecular flexibility index (Phi) is 3.74. The number of nitrogens with zero attached hydrogens (tertiary/aromatic N) is 4. The molecular formula is C14H17N5OS. The van der Waals surface area contributed by atoms with Crippen molar-refractivity contribution in [1.29, 1.82) is 0 Å². The van der Waals surface area contributed by atoms with Crippen LogP contribution in [0.1, 0.15) is 6.42 Å². The quantitative estimate of drug-likeness (QED) is 0.909. The molecule has 2 aromatic heterocycles. The molecule has 0 spiro atoms. The van der Waals surface area contributed by atoms with E-state index in [-0.39, 0.29) is 5.91 Å². The zero-order chi connectivity index (χ0) is 14.8. The van der Waals surface area contributed by atoms with Crippen molar-refractivity contribution >= 4 is 28.3 Å². The highest BCUT2D eigenvalue weighted by atomic mass is 32.1. The van der Waals surface area contributed by atoms with Crippen LogP contribution in [0.3, 0.4) is 0 Å². The van der Waals surface area contributed by atoms with Crippen molar-refractivity contribution in [3.05, 3.63) is 24.5 Å². The number of hydrogen-bond donors (Lipinski definition) is 1. The number of carbonyl (C=O) groups is 1. The summed E-state index contributed by atoms with van der Waals surface area (Å²) in [7, 11) is 1.84. The van der Waals surface area contributed by atoms with E-state index in [1.54, 1.807) is 17.3 Å². The van der Waals surface area contributed by atoms with Gasteiger partial charge in [-0.2, -0.15) is 4.37 Å². The number of rotatable bonds is 2. The average Bonchev–Trinajstić information content (AvgIpc) is 2.80. The number of carbonyl (C=O) groups excluding carboxylic acids is 1. The lowest BCUT2D eigenvalue weighted by atomic mass is 10.1. The Morgan fingerprint density at radius 1 is 1.29 bits per heavy atom. The molecule has 0 radical (unpaired) electrons. The molecule has 0 atom stereocenters. The summed E-state index contributed by atoms with van der Waals surface area (Å²) >= 11 is 1.35. The van der Waals surface area contributed by atoms with Gasteiger partial charge in [0.1, 0.15) is 10.8 Å². The zero-order valence-electron chi connectivity index (χ0n) is 11.8. The summed E-state index contributed by atoms with van der Waals surface area (Å²) in [4.78, 5) is 20.0. The molecule has 6 nitrogen and oxygen atoms in total. The molecule has 2 N–H and O–H groups in total. The summed E-state index contributed by atoms with van der Waals surface area (Å²) in [5.74, 6) is 0.631. The van der Waals surface area contributed by atoms with Crippen LogP contribution < -0.4 is 10.6 Å². The lowest BCUT2D eigenvalue weighted by Gasteiger charge is -2.21. The second-order valence-electron chi connectivity index (χ2n) is 5.07. The molecule has 7 heteroatoms. The van der Waals surface area contributed by atoms with Crippen LogP contribution in [0, 0.1) is 0 Å². The second kappa shape index (κ2) is 5.69. The summed E-state index contributed by atoms with van der Waals surface area (Å²) in [6, 6.07) is 3.82. The van der Waals surface area contributed by atoms with Gasteiger partial charge in [0.15, 0.2) is 0 Å². The number of pyridine rings is 1. The van der Waals surface area contributed by atoms with Crippen LogP contribution in [0.15, 0.2) is 24.5 Å². The van der Waals surface area contributed by atoms with Crippen molar-refractivity contribution in [2.75, 3.05) is 37.3 Å². The van der Waals surface area contributed by atoms with E-state index in [0.717, 1.165) is 35.6 Å². The van der Waals surface area contributed by atoms with E-state index in [9.17, 15) is 4.79 Å². The first-order valence-corrected chi connectivity index (χ1v) is 7.58. The van der Waals surface area contributed by atoms with Gasteiger partial charge < -0.3 is 15.5 Å². The minimum Gasteiger partial charge on any atom is -0.382 e. The van der Waals surface area contributed by atoms with Crippen molar-refractivity contribution in [3.63, 3.8) is 0 Å². The zero-order valence-corrected chi connectivity index (χ0v) is 12.6. The maximum atomic E-state index is 12.1. The molecule has 1 aliphatic heterocycles. The van der Waals surface area contributed by atoms with Crippen LogP contribution in [0.25, 0.3) is 11.1 Å². The first kappa shape index (κ1) is 13.8.